The fourth-order valence-electron chi connectivity index (χ4n) is 4.63. The number of aliphatic hydroxyl groups is 1. The van der Waals surface area contributed by atoms with Crippen molar-refractivity contribution in [1.82, 2.24) is 9.88 Å². The SMILES string of the molecule is Cc1ccccc1N1CCN(C[C@@H]2CCc3cccnc3[C@@H](O)C2)CC1.O=C(O)/C=C/C(=O)O. The summed E-state index contributed by atoms with van der Waals surface area (Å²) >= 11 is 0. The second-order valence-electron chi connectivity index (χ2n) is 8.79. The molecule has 8 heteroatoms. The van der Waals surface area contributed by atoms with Gasteiger partial charge in [-0.1, -0.05) is 24.3 Å². The van der Waals surface area contributed by atoms with E-state index in [4.69, 9.17) is 10.2 Å². The van der Waals surface area contributed by atoms with Crippen LogP contribution in [-0.2, 0) is 16.0 Å². The number of aryl methyl sites for hydroxylation is 2. The van der Waals surface area contributed by atoms with E-state index in [1.54, 1.807) is 6.20 Å². The Morgan fingerprint density at radius 1 is 1.03 bits per heavy atom. The molecule has 1 saturated heterocycles. The van der Waals surface area contributed by atoms with Gasteiger partial charge in [0, 0.05) is 56.8 Å². The Morgan fingerprint density at radius 3 is 2.35 bits per heavy atom. The Morgan fingerprint density at radius 2 is 1.71 bits per heavy atom. The number of anilines is 1. The molecule has 1 aromatic heterocycles. The molecule has 0 radical (unpaired) electrons. The van der Waals surface area contributed by atoms with Crippen molar-refractivity contribution >= 4 is 17.6 Å². The van der Waals surface area contributed by atoms with E-state index in [1.165, 1.54) is 16.8 Å². The smallest absolute Gasteiger partial charge is 0.328 e. The van der Waals surface area contributed by atoms with Crippen LogP contribution in [0.3, 0.4) is 0 Å². The minimum Gasteiger partial charge on any atom is -0.478 e. The molecule has 0 spiro atoms. The summed E-state index contributed by atoms with van der Waals surface area (Å²) in [5.74, 6) is -1.97. The van der Waals surface area contributed by atoms with Crippen molar-refractivity contribution in [1.29, 1.82) is 0 Å². The van der Waals surface area contributed by atoms with Crippen molar-refractivity contribution in [2.24, 2.45) is 5.92 Å². The number of aromatic nitrogens is 1. The molecule has 8 nitrogen and oxygen atoms in total. The standard InChI is InChI=1S/C22H29N3O.C4H4O4/c1-17-5-2-3-7-20(17)25-13-11-24(12-14-25)16-18-8-9-19-6-4-10-23-22(19)21(26)15-18;5-3(6)1-2-4(7)8/h2-7,10,18,21,26H,8-9,11-16H2,1H3;1-2H,(H,5,6)(H,7,8)/b;2-1+/t18-,21+;/m1./s1. The number of carbonyl (C=O) groups is 2. The predicted octanol–water partition coefficient (Wildman–Crippen LogP) is 2.91. The molecule has 3 N–H and O–H groups in total. The first kappa shape index (κ1) is 25.4. The lowest BCUT2D eigenvalue weighted by Crippen LogP contribution is -2.48. The Balaban J connectivity index is 0.000000350. The highest BCUT2D eigenvalue weighted by molar-refractivity contribution is 5.89. The topological polar surface area (TPSA) is 114 Å². The molecule has 0 saturated carbocycles. The number of hydrogen-bond donors (Lipinski definition) is 3. The molecule has 2 atom stereocenters. The lowest BCUT2D eigenvalue weighted by Gasteiger charge is -2.38. The van der Waals surface area contributed by atoms with Gasteiger partial charge in [0.05, 0.1) is 11.8 Å². The summed E-state index contributed by atoms with van der Waals surface area (Å²) in [6.07, 6.45) is 5.52. The van der Waals surface area contributed by atoms with Gasteiger partial charge in [-0.25, -0.2) is 9.59 Å². The first-order valence-corrected chi connectivity index (χ1v) is 11.6. The van der Waals surface area contributed by atoms with Gasteiger partial charge in [0.2, 0.25) is 0 Å². The van der Waals surface area contributed by atoms with Gasteiger partial charge in [-0.3, -0.25) is 9.88 Å². The number of aliphatic carboxylic acids is 2. The molecule has 0 unspecified atom stereocenters. The average molecular weight is 468 g/mol. The fraction of sp³-hybridized carbons (Fsp3) is 0.423. The van der Waals surface area contributed by atoms with Gasteiger partial charge < -0.3 is 20.2 Å². The number of hydrogen-bond acceptors (Lipinski definition) is 6. The first-order chi connectivity index (χ1) is 16.3. The highest BCUT2D eigenvalue weighted by Crippen LogP contribution is 2.31. The third-order valence-corrected chi connectivity index (χ3v) is 6.33. The largest absolute Gasteiger partial charge is 0.478 e. The number of para-hydroxylation sites is 1. The van der Waals surface area contributed by atoms with Crippen molar-refractivity contribution in [3.8, 4) is 0 Å². The number of carboxylic acids is 2. The Kier molecular flexibility index (Phi) is 9.18. The summed E-state index contributed by atoms with van der Waals surface area (Å²) in [7, 11) is 0. The number of aliphatic hydroxyl groups excluding tert-OH is 1. The number of benzene rings is 1. The van der Waals surface area contributed by atoms with Gasteiger partial charge in [0.15, 0.2) is 0 Å². The average Bonchev–Trinajstić information content (AvgIpc) is 2.98. The zero-order chi connectivity index (χ0) is 24.5. The fourth-order valence-corrected chi connectivity index (χ4v) is 4.63. The first-order valence-electron chi connectivity index (χ1n) is 11.6. The summed E-state index contributed by atoms with van der Waals surface area (Å²) in [6.45, 7) is 7.66. The maximum atomic E-state index is 10.6. The van der Waals surface area contributed by atoms with Crippen LogP contribution in [0.2, 0.25) is 0 Å². The molecule has 2 aliphatic rings. The molecular weight excluding hydrogens is 434 g/mol. The van der Waals surface area contributed by atoms with Crippen LogP contribution >= 0.6 is 0 Å². The number of rotatable bonds is 5. The van der Waals surface area contributed by atoms with Crippen molar-refractivity contribution in [3.05, 3.63) is 71.6 Å². The summed E-state index contributed by atoms with van der Waals surface area (Å²) in [5.41, 5.74) is 4.86. The second kappa shape index (κ2) is 12.3. The maximum absolute atomic E-state index is 10.6. The van der Waals surface area contributed by atoms with E-state index in [0.29, 0.717) is 18.1 Å². The van der Waals surface area contributed by atoms with Gasteiger partial charge in [-0.15, -0.1) is 0 Å². The van der Waals surface area contributed by atoms with Crippen molar-refractivity contribution in [3.63, 3.8) is 0 Å². The zero-order valence-electron chi connectivity index (χ0n) is 19.5. The monoisotopic (exact) mass is 467 g/mol. The molecule has 2 heterocycles. The third-order valence-electron chi connectivity index (χ3n) is 6.33. The Hall–Kier alpha value is -3.23. The van der Waals surface area contributed by atoms with Crippen LogP contribution in [0.5, 0.6) is 0 Å². The molecule has 0 bridgehead atoms. The number of pyridine rings is 1. The number of fused-ring (bicyclic) bond motifs is 1. The van der Waals surface area contributed by atoms with Crippen LogP contribution in [-0.4, -0.2) is 69.9 Å². The van der Waals surface area contributed by atoms with Crippen LogP contribution < -0.4 is 4.90 Å². The number of piperazine rings is 1. The van der Waals surface area contributed by atoms with Crippen LogP contribution in [0, 0.1) is 12.8 Å². The highest BCUT2D eigenvalue weighted by atomic mass is 16.4. The van der Waals surface area contributed by atoms with Gasteiger partial charge in [-0.05, 0) is 55.4 Å². The molecule has 1 aromatic carbocycles. The van der Waals surface area contributed by atoms with E-state index in [1.807, 2.05) is 6.07 Å². The van der Waals surface area contributed by atoms with Gasteiger partial charge in [0.25, 0.3) is 0 Å². The number of carboxylic acid groups (broad SMARTS) is 2. The van der Waals surface area contributed by atoms with Crippen LogP contribution in [0.1, 0.15) is 35.8 Å². The lowest BCUT2D eigenvalue weighted by molar-refractivity contribution is -0.134. The van der Waals surface area contributed by atoms with Crippen molar-refractivity contribution in [2.75, 3.05) is 37.6 Å². The zero-order valence-corrected chi connectivity index (χ0v) is 19.5. The minimum absolute atomic E-state index is 0.410. The van der Waals surface area contributed by atoms with E-state index in [9.17, 15) is 14.7 Å². The molecule has 1 aliphatic heterocycles. The quantitative estimate of drug-likeness (QED) is 0.454. The second-order valence-corrected chi connectivity index (χ2v) is 8.79. The van der Waals surface area contributed by atoms with Gasteiger partial charge in [0.1, 0.15) is 0 Å². The van der Waals surface area contributed by atoms with Crippen molar-refractivity contribution < 1.29 is 24.9 Å². The lowest BCUT2D eigenvalue weighted by atomic mass is 9.97. The molecule has 4 rings (SSSR count). The maximum Gasteiger partial charge on any atom is 0.328 e. The molecule has 34 heavy (non-hydrogen) atoms. The third kappa shape index (κ3) is 7.40. The molecule has 1 fully saturated rings. The van der Waals surface area contributed by atoms with E-state index in [2.05, 4.69) is 52.0 Å². The summed E-state index contributed by atoms with van der Waals surface area (Å²) in [6, 6.07) is 12.8. The normalized spacial score (nSPS) is 20.7. The van der Waals surface area contributed by atoms with Crippen LogP contribution in [0.25, 0.3) is 0 Å². The van der Waals surface area contributed by atoms with E-state index < -0.39 is 18.0 Å². The van der Waals surface area contributed by atoms with Crippen LogP contribution in [0.15, 0.2) is 54.7 Å². The number of nitrogens with zero attached hydrogens (tertiary/aromatic N) is 3. The highest BCUT2D eigenvalue weighted by Gasteiger charge is 2.27. The van der Waals surface area contributed by atoms with Crippen LogP contribution in [0.4, 0.5) is 5.69 Å². The summed E-state index contributed by atoms with van der Waals surface area (Å²) in [4.78, 5) is 28.6. The molecule has 182 valence electrons. The molecule has 0 amide bonds. The Bertz CT molecular complexity index is 985. The molecule has 2 aromatic rings. The molecule has 1 aliphatic carbocycles. The minimum atomic E-state index is -1.26. The summed E-state index contributed by atoms with van der Waals surface area (Å²) in [5, 5.41) is 26.2. The van der Waals surface area contributed by atoms with Gasteiger partial charge >= 0.3 is 11.9 Å². The van der Waals surface area contributed by atoms with E-state index >= 15 is 0 Å². The van der Waals surface area contributed by atoms with E-state index in [0.717, 1.165) is 57.7 Å². The predicted molar refractivity (Wildman–Crippen MR) is 130 cm³/mol. The molecular formula is C26H33N3O5. The summed E-state index contributed by atoms with van der Waals surface area (Å²) < 4.78 is 0. The Labute approximate surface area is 200 Å². The van der Waals surface area contributed by atoms with Crippen molar-refractivity contribution in [2.45, 2.75) is 32.3 Å². The van der Waals surface area contributed by atoms with E-state index in [-0.39, 0.29) is 0 Å². The van der Waals surface area contributed by atoms with Gasteiger partial charge in [-0.2, -0.15) is 0 Å².